The molecule has 0 fully saturated rings. The van der Waals surface area contributed by atoms with Crippen LogP contribution in [0.5, 0.6) is 0 Å². The second-order valence-electron chi connectivity index (χ2n) is 3.93. The zero-order chi connectivity index (χ0) is 14.9. The van der Waals surface area contributed by atoms with Crippen molar-refractivity contribution in [1.82, 2.24) is 0 Å². The molecule has 0 radical (unpaired) electrons. The average Bonchev–Trinajstić information content (AvgIpc) is 2.40. The van der Waals surface area contributed by atoms with E-state index in [2.05, 4.69) is 5.32 Å². The Labute approximate surface area is 116 Å². The van der Waals surface area contributed by atoms with Gasteiger partial charge in [-0.15, -0.1) is 0 Å². The van der Waals surface area contributed by atoms with Crippen molar-refractivity contribution in [2.24, 2.45) is 0 Å². The van der Waals surface area contributed by atoms with Crippen molar-refractivity contribution in [2.75, 3.05) is 5.32 Å². The standard InChI is InChI=1S/C13H7ClF5N/c14-8-2-1-7(15)3-6(8)5-20-13-11(18)9(16)4-10(17)12(13)19/h1-4,20H,5H2. The average molecular weight is 308 g/mol. The smallest absolute Gasteiger partial charge is 0.185 e. The molecule has 0 amide bonds. The lowest BCUT2D eigenvalue weighted by atomic mass is 10.2. The summed E-state index contributed by atoms with van der Waals surface area (Å²) in [6.45, 7) is -0.298. The van der Waals surface area contributed by atoms with Crippen molar-refractivity contribution in [3.05, 3.63) is 63.9 Å². The SMILES string of the molecule is Fc1ccc(Cl)c(CNc2c(F)c(F)cc(F)c2F)c1. The highest BCUT2D eigenvalue weighted by Crippen LogP contribution is 2.26. The van der Waals surface area contributed by atoms with E-state index in [1.54, 1.807) is 0 Å². The molecule has 0 spiro atoms. The molecular formula is C13H7ClF5N. The van der Waals surface area contributed by atoms with Crippen LogP contribution in [0.25, 0.3) is 0 Å². The summed E-state index contributed by atoms with van der Waals surface area (Å²) in [5.74, 6) is -6.78. The summed E-state index contributed by atoms with van der Waals surface area (Å²) in [4.78, 5) is 0. The first-order valence-corrected chi connectivity index (χ1v) is 5.78. The molecule has 106 valence electrons. The summed E-state index contributed by atoms with van der Waals surface area (Å²) in [6, 6.07) is 3.51. The van der Waals surface area contributed by atoms with Crippen LogP contribution in [0.3, 0.4) is 0 Å². The molecular weight excluding hydrogens is 301 g/mol. The van der Waals surface area contributed by atoms with Crippen molar-refractivity contribution >= 4 is 17.3 Å². The van der Waals surface area contributed by atoms with E-state index in [-0.39, 0.29) is 23.2 Å². The zero-order valence-corrected chi connectivity index (χ0v) is 10.5. The zero-order valence-electron chi connectivity index (χ0n) is 9.78. The highest BCUT2D eigenvalue weighted by molar-refractivity contribution is 6.31. The monoisotopic (exact) mass is 307 g/mol. The Morgan fingerprint density at radius 3 is 2.10 bits per heavy atom. The molecule has 1 N–H and O–H groups in total. The predicted octanol–water partition coefficient (Wildman–Crippen LogP) is 4.65. The summed E-state index contributed by atoms with van der Waals surface area (Å²) < 4.78 is 65.7. The fraction of sp³-hybridized carbons (Fsp3) is 0.0769. The first-order chi connectivity index (χ1) is 9.40. The second kappa shape index (κ2) is 5.66. The molecule has 0 atom stereocenters. The van der Waals surface area contributed by atoms with Gasteiger partial charge in [0.15, 0.2) is 23.3 Å². The Bertz CT molecular complexity index is 633. The molecule has 0 aromatic heterocycles. The lowest BCUT2D eigenvalue weighted by Crippen LogP contribution is -2.07. The van der Waals surface area contributed by atoms with E-state index >= 15 is 0 Å². The van der Waals surface area contributed by atoms with Gasteiger partial charge in [0.05, 0.1) is 0 Å². The molecule has 0 aliphatic carbocycles. The van der Waals surface area contributed by atoms with Crippen LogP contribution in [0.4, 0.5) is 27.6 Å². The molecule has 2 aromatic rings. The van der Waals surface area contributed by atoms with Crippen molar-refractivity contribution in [3.63, 3.8) is 0 Å². The van der Waals surface area contributed by atoms with Crippen LogP contribution in [0, 0.1) is 29.1 Å². The Morgan fingerprint density at radius 2 is 1.50 bits per heavy atom. The van der Waals surface area contributed by atoms with Crippen molar-refractivity contribution < 1.29 is 22.0 Å². The van der Waals surface area contributed by atoms with Gasteiger partial charge in [-0.1, -0.05) is 11.6 Å². The van der Waals surface area contributed by atoms with Gasteiger partial charge in [-0.3, -0.25) is 0 Å². The third-order valence-electron chi connectivity index (χ3n) is 2.58. The van der Waals surface area contributed by atoms with Crippen molar-refractivity contribution in [3.8, 4) is 0 Å². The topological polar surface area (TPSA) is 12.0 Å². The number of anilines is 1. The summed E-state index contributed by atoms with van der Waals surface area (Å²) in [7, 11) is 0. The fourth-order valence-electron chi connectivity index (χ4n) is 1.59. The third-order valence-corrected chi connectivity index (χ3v) is 2.94. The van der Waals surface area contributed by atoms with Gasteiger partial charge < -0.3 is 5.32 Å². The van der Waals surface area contributed by atoms with Gasteiger partial charge >= 0.3 is 0 Å². The molecule has 0 saturated heterocycles. The minimum absolute atomic E-state index is 0.102. The third kappa shape index (κ3) is 2.85. The summed E-state index contributed by atoms with van der Waals surface area (Å²) in [6.07, 6.45) is 0. The minimum atomic E-state index is -1.56. The molecule has 0 saturated carbocycles. The first kappa shape index (κ1) is 14.6. The highest BCUT2D eigenvalue weighted by atomic mass is 35.5. The molecule has 2 rings (SSSR count). The van der Waals surface area contributed by atoms with Crippen LogP contribution >= 0.6 is 11.6 Å². The van der Waals surface area contributed by atoms with Crippen LogP contribution < -0.4 is 5.32 Å². The minimum Gasteiger partial charge on any atom is -0.376 e. The maximum absolute atomic E-state index is 13.4. The van der Waals surface area contributed by atoms with Gasteiger partial charge in [0.2, 0.25) is 0 Å². The van der Waals surface area contributed by atoms with Gasteiger partial charge in [0.1, 0.15) is 11.5 Å². The van der Waals surface area contributed by atoms with Gasteiger partial charge in [-0.05, 0) is 23.8 Å². The van der Waals surface area contributed by atoms with E-state index in [4.69, 9.17) is 11.6 Å². The molecule has 0 bridgehead atoms. The number of rotatable bonds is 3. The summed E-state index contributed by atoms with van der Waals surface area (Å²) >= 11 is 5.76. The lowest BCUT2D eigenvalue weighted by molar-refractivity contribution is 0.458. The van der Waals surface area contributed by atoms with Crippen molar-refractivity contribution in [1.29, 1.82) is 0 Å². The number of hydrogen-bond acceptors (Lipinski definition) is 1. The molecule has 1 nitrogen and oxygen atoms in total. The summed E-state index contributed by atoms with van der Waals surface area (Å²) in [5.41, 5.74) is -0.780. The van der Waals surface area contributed by atoms with E-state index in [9.17, 15) is 22.0 Å². The number of benzene rings is 2. The highest BCUT2D eigenvalue weighted by Gasteiger charge is 2.19. The van der Waals surface area contributed by atoms with E-state index < -0.39 is 34.8 Å². The maximum atomic E-state index is 13.4. The molecule has 0 unspecified atom stereocenters. The molecule has 0 aliphatic heterocycles. The maximum Gasteiger partial charge on any atom is 0.185 e. The largest absolute Gasteiger partial charge is 0.376 e. The number of nitrogens with one attached hydrogen (secondary N) is 1. The van der Waals surface area contributed by atoms with Crippen LogP contribution in [0.1, 0.15) is 5.56 Å². The first-order valence-electron chi connectivity index (χ1n) is 5.41. The van der Waals surface area contributed by atoms with Crippen LogP contribution in [-0.2, 0) is 6.54 Å². The number of halogens is 6. The van der Waals surface area contributed by atoms with Crippen LogP contribution in [0.15, 0.2) is 24.3 Å². The molecule has 7 heteroatoms. The second-order valence-corrected chi connectivity index (χ2v) is 4.34. The van der Waals surface area contributed by atoms with Crippen LogP contribution in [0.2, 0.25) is 5.02 Å². The van der Waals surface area contributed by atoms with Gasteiger partial charge in [-0.25, -0.2) is 22.0 Å². The van der Waals surface area contributed by atoms with E-state index in [1.807, 2.05) is 0 Å². The molecule has 2 aromatic carbocycles. The summed E-state index contributed by atoms with van der Waals surface area (Å²) in [5, 5.41) is 2.32. The van der Waals surface area contributed by atoms with Gasteiger partial charge in [0, 0.05) is 17.6 Å². The van der Waals surface area contributed by atoms with Gasteiger partial charge in [0.25, 0.3) is 0 Å². The van der Waals surface area contributed by atoms with Crippen molar-refractivity contribution in [2.45, 2.75) is 6.54 Å². The van der Waals surface area contributed by atoms with E-state index in [0.717, 1.165) is 12.1 Å². The Morgan fingerprint density at radius 1 is 0.900 bits per heavy atom. The molecule has 20 heavy (non-hydrogen) atoms. The van der Waals surface area contributed by atoms with E-state index in [0.29, 0.717) is 0 Å². The predicted molar refractivity (Wildman–Crippen MR) is 65.0 cm³/mol. The van der Waals surface area contributed by atoms with Crippen LogP contribution in [-0.4, -0.2) is 0 Å². The Balaban J connectivity index is 2.30. The quantitative estimate of drug-likeness (QED) is 0.643. The Hall–Kier alpha value is -1.82. The molecule has 0 aliphatic rings. The van der Waals surface area contributed by atoms with Gasteiger partial charge in [-0.2, -0.15) is 0 Å². The normalized spacial score (nSPS) is 10.7. The molecule has 0 heterocycles. The lowest BCUT2D eigenvalue weighted by Gasteiger charge is -2.11. The fourth-order valence-corrected chi connectivity index (χ4v) is 1.78. The Kier molecular flexibility index (Phi) is 4.13. The van der Waals surface area contributed by atoms with E-state index in [1.165, 1.54) is 6.07 Å². The number of hydrogen-bond donors (Lipinski definition) is 1.